The van der Waals surface area contributed by atoms with Crippen molar-refractivity contribution in [2.24, 2.45) is 0 Å². The van der Waals surface area contributed by atoms with Crippen LogP contribution in [0.2, 0.25) is 5.02 Å². The van der Waals surface area contributed by atoms with E-state index in [1.165, 1.54) is 19.3 Å². The molecule has 0 unspecified atom stereocenters. The van der Waals surface area contributed by atoms with Gasteiger partial charge in [0.15, 0.2) is 0 Å². The summed E-state index contributed by atoms with van der Waals surface area (Å²) in [5.74, 6) is -0.106. The van der Waals surface area contributed by atoms with E-state index in [1.54, 1.807) is 18.2 Å². The molecule has 20 heavy (non-hydrogen) atoms. The monoisotopic (exact) mass is 298 g/mol. The maximum absolute atomic E-state index is 11.7. The fraction of sp³-hybridized carbons (Fsp3) is 0.533. The number of hydrogen-bond acceptors (Lipinski definition) is 3. The van der Waals surface area contributed by atoms with Crippen molar-refractivity contribution >= 4 is 28.9 Å². The molecule has 4 nitrogen and oxygen atoms in total. The molecule has 0 aromatic heterocycles. The smallest absolute Gasteiger partial charge is 0.226 e. The molecule has 1 amide bonds. The van der Waals surface area contributed by atoms with E-state index in [1.807, 2.05) is 0 Å². The standard InChI is InChI=1S/C15H23ClN2O2/c1-2-3-4-5-9-20-10-8-15(19)18-14-7-6-12(17)11-13(14)16/h6-7,11H,2-5,8-10,17H2,1H3,(H,18,19). The summed E-state index contributed by atoms with van der Waals surface area (Å²) in [5, 5.41) is 3.19. The number of halogens is 1. The predicted molar refractivity (Wildman–Crippen MR) is 84.1 cm³/mol. The summed E-state index contributed by atoms with van der Waals surface area (Å²) in [6.45, 7) is 3.33. The van der Waals surface area contributed by atoms with Gasteiger partial charge in [0.25, 0.3) is 0 Å². The lowest BCUT2D eigenvalue weighted by molar-refractivity contribution is -0.117. The van der Waals surface area contributed by atoms with Gasteiger partial charge >= 0.3 is 0 Å². The van der Waals surface area contributed by atoms with Crippen LogP contribution in [-0.2, 0) is 9.53 Å². The van der Waals surface area contributed by atoms with Crippen molar-refractivity contribution in [2.45, 2.75) is 39.0 Å². The van der Waals surface area contributed by atoms with Crippen LogP contribution in [0, 0.1) is 0 Å². The quantitative estimate of drug-likeness (QED) is 0.537. The van der Waals surface area contributed by atoms with E-state index >= 15 is 0 Å². The van der Waals surface area contributed by atoms with Crippen LogP contribution in [0.1, 0.15) is 39.0 Å². The minimum absolute atomic E-state index is 0.106. The Labute approximate surface area is 125 Å². The van der Waals surface area contributed by atoms with Crippen LogP contribution in [0.5, 0.6) is 0 Å². The minimum atomic E-state index is -0.106. The maximum atomic E-state index is 11.7. The fourth-order valence-corrected chi connectivity index (χ4v) is 1.98. The number of anilines is 2. The summed E-state index contributed by atoms with van der Waals surface area (Å²) >= 11 is 5.98. The summed E-state index contributed by atoms with van der Waals surface area (Å²) < 4.78 is 5.42. The zero-order valence-electron chi connectivity index (χ0n) is 12.0. The second-order valence-corrected chi connectivity index (χ2v) is 5.12. The first-order chi connectivity index (χ1) is 9.63. The number of nitrogens with one attached hydrogen (secondary N) is 1. The third kappa shape index (κ3) is 6.78. The lowest BCUT2D eigenvalue weighted by atomic mass is 10.2. The number of ether oxygens (including phenoxy) is 1. The summed E-state index contributed by atoms with van der Waals surface area (Å²) in [7, 11) is 0. The van der Waals surface area contributed by atoms with Gasteiger partial charge in [-0.1, -0.05) is 37.8 Å². The summed E-state index contributed by atoms with van der Waals surface area (Å²) in [6, 6.07) is 5.01. The minimum Gasteiger partial charge on any atom is -0.399 e. The van der Waals surface area contributed by atoms with Crippen molar-refractivity contribution in [3.63, 3.8) is 0 Å². The van der Waals surface area contributed by atoms with Crippen molar-refractivity contribution in [1.29, 1.82) is 0 Å². The molecule has 0 aliphatic carbocycles. The van der Waals surface area contributed by atoms with E-state index in [0.717, 1.165) is 13.0 Å². The molecule has 0 saturated carbocycles. The number of carbonyl (C=O) groups is 1. The molecule has 0 atom stereocenters. The average Bonchev–Trinajstić information content (AvgIpc) is 2.41. The molecule has 1 aromatic rings. The number of hydrogen-bond donors (Lipinski definition) is 2. The Bertz CT molecular complexity index is 424. The van der Waals surface area contributed by atoms with Crippen LogP contribution in [0.4, 0.5) is 11.4 Å². The van der Waals surface area contributed by atoms with Crippen LogP contribution >= 0.6 is 11.6 Å². The fourth-order valence-electron chi connectivity index (χ4n) is 1.74. The van der Waals surface area contributed by atoms with Crippen LogP contribution in [0.3, 0.4) is 0 Å². The van der Waals surface area contributed by atoms with Gasteiger partial charge in [0, 0.05) is 12.3 Å². The van der Waals surface area contributed by atoms with Crippen molar-refractivity contribution in [3.8, 4) is 0 Å². The van der Waals surface area contributed by atoms with Crippen molar-refractivity contribution in [2.75, 3.05) is 24.3 Å². The molecule has 112 valence electrons. The molecule has 3 N–H and O–H groups in total. The third-order valence-electron chi connectivity index (χ3n) is 2.88. The normalized spacial score (nSPS) is 10.5. The maximum Gasteiger partial charge on any atom is 0.226 e. The molecular weight excluding hydrogens is 276 g/mol. The first kappa shape index (κ1) is 16.8. The summed E-state index contributed by atoms with van der Waals surface area (Å²) in [5.41, 5.74) is 6.74. The average molecular weight is 299 g/mol. The van der Waals surface area contributed by atoms with Crippen molar-refractivity contribution in [1.82, 2.24) is 0 Å². The molecule has 0 aliphatic heterocycles. The topological polar surface area (TPSA) is 64.3 Å². The van der Waals surface area contributed by atoms with Gasteiger partial charge in [0.05, 0.1) is 23.7 Å². The Balaban J connectivity index is 2.17. The number of amides is 1. The Morgan fingerprint density at radius 2 is 2.10 bits per heavy atom. The predicted octanol–water partition coefficient (Wildman–Crippen LogP) is 3.85. The zero-order chi connectivity index (χ0) is 14.8. The second kappa shape index (κ2) is 9.61. The highest BCUT2D eigenvalue weighted by atomic mass is 35.5. The van der Waals surface area contributed by atoms with Gasteiger partial charge in [-0.15, -0.1) is 0 Å². The van der Waals surface area contributed by atoms with E-state index in [-0.39, 0.29) is 5.91 Å². The van der Waals surface area contributed by atoms with E-state index in [0.29, 0.717) is 29.4 Å². The Morgan fingerprint density at radius 1 is 1.30 bits per heavy atom. The summed E-state index contributed by atoms with van der Waals surface area (Å²) in [6.07, 6.45) is 5.02. The van der Waals surface area contributed by atoms with Gasteiger partial charge in [-0.3, -0.25) is 4.79 Å². The molecule has 0 radical (unpaired) electrons. The van der Waals surface area contributed by atoms with Gasteiger partial charge in [-0.05, 0) is 24.6 Å². The third-order valence-corrected chi connectivity index (χ3v) is 3.20. The lowest BCUT2D eigenvalue weighted by Crippen LogP contribution is -2.14. The largest absolute Gasteiger partial charge is 0.399 e. The highest BCUT2D eigenvalue weighted by Gasteiger charge is 2.06. The lowest BCUT2D eigenvalue weighted by Gasteiger charge is -2.08. The number of carbonyl (C=O) groups excluding carboxylic acids is 1. The van der Waals surface area contributed by atoms with E-state index in [9.17, 15) is 4.79 Å². The number of nitrogen functional groups attached to an aromatic ring is 1. The molecule has 0 fully saturated rings. The van der Waals surface area contributed by atoms with Crippen LogP contribution in [0.15, 0.2) is 18.2 Å². The molecular formula is C15H23ClN2O2. The van der Waals surface area contributed by atoms with E-state index in [4.69, 9.17) is 22.1 Å². The van der Waals surface area contributed by atoms with Crippen molar-refractivity contribution < 1.29 is 9.53 Å². The van der Waals surface area contributed by atoms with Crippen LogP contribution < -0.4 is 11.1 Å². The molecule has 1 rings (SSSR count). The molecule has 0 spiro atoms. The number of nitrogens with two attached hydrogens (primary N) is 1. The highest BCUT2D eigenvalue weighted by molar-refractivity contribution is 6.34. The molecule has 0 heterocycles. The van der Waals surface area contributed by atoms with E-state index < -0.39 is 0 Å². The van der Waals surface area contributed by atoms with Gasteiger partial charge in [-0.25, -0.2) is 0 Å². The van der Waals surface area contributed by atoms with Crippen LogP contribution in [0.25, 0.3) is 0 Å². The van der Waals surface area contributed by atoms with Crippen molar-refractivity contribution in [3.05, 3.63) is 23.2 Å². The Hall–Kier alpha value is -1.26. The molecule has 0 saturated heterocycles. The Kier molecular flexibility index (Phi) is 8.07. The first-order valence-corrected chi connectivity index (χ1v) is 7.44. The number of rotatable bonds is 9. The number of benzene rings is 1. The van der Waals surface area contributed by atoms with Gasteiger partial charge in [0.2, 0.25) is 5.91 Å². The SMILES string of the molecule is CCCCCCOCCC(=O)Nc1ccc(N)cc1Cl. The second-order valence-electron chi connectivity index (χ2n) is 4.71. The van der Waals surface area contributed by atoms with Gasteiger partial charge in [0.1, 0.15) is 0 Å². The van der Waals surface area contributed by atoms with E-state index in [2.05, 4.69) is 12.2 Å². The Morgan fingerprint density at radius 3 is 2.80 bits per heavy atom. The molecule has 0 bridgehead atoms. The first-order valence-electron chi connectivity index (χ1n) is 7.06. The summed E-state index contributed by atoms with van der Waals surface area (Å²) in [4.78, 5) is 11.7. The molecule has 0 aliphatic rings. The van der Waals surface area contributed by atoms with Gasteiger partial charge in [-0.2, -0.15) is 0 Å². The van der Waals surface area contributed by atoms with Gasteiger partial charge < -0.3 is 15.8 Å². The molecule has 5 heteroatoms. The number of unbranched alkanes of at least 4 members (excludes halogenated alkanes) is 3. The molecule has 1 aromatic carbocycles. The highest BCUT2D eigenvalue weighted by Crippen LogP contribution is 2.24. The van der Waals surface area contributed by atoms with Crippen LogP contribution in [-0.4, -0.2) is 19.1 Å². The zero-order valence-corrected chi connectivity index (χ0v) is 12.7.